The number of carbonyl (C=O) groups is 1. The Hall–Kier alpha value is -3.65. The molecule has 0 bridgehead atoms. The molecule has 216 valence electrons. The van der Waals surface area contributed by atoms with Crippen LogP contribution in [0.3, 0.4) is 0 Å². The predicted molar refractivity (Wildman–Crippen MR) is 151 cm³/mol. The Balaban J connectivity index is 1.31. The van der Waals surface area contributed by atoms with E-state index in [0.717, 1.165) is 37.3 Å². The first-order chi connectivity index (χ1) is 20.0. The number of anilines is 1. The first-order valence-corrected chi connectivity index (χ1v) is 14.2. The maximum atomic E-state index is 13.7. The fraction of sp³-hybridized carbons (Fsp3) is 0.536. The van der Waals surface area contributed by atoms with Crippen molar-refractivity contribution in [3.05, 3.63) is 35.9 Å². The maximum absolute atomic E-state index is 13.7. The van der Waals surface area contributed by atoms with E-state index >= 15 is 0 Å². The number of ether oxygens (including phenoxy) is 3. The normalized spacial score (nSPS) is 19.7. The van der Waals surface area contributed by atoms with Crippen LogP contribution >= 0.6 is 0 Å². The molecule has 4 aromatic rings. The first-order valence-electron chi connectivity index (χ1n) is 14.2. The number of hydrogen-bond acceptors (Lipinski definition) is 10. The van der Waals surface area contributed by atoms with Gasteiger partial charge in [-0.3, -0.25) is 14.3 Å². The van der Waals surface area contributed by atoms with Crippen LogP contribution in [0.5, 0.6) is 0 Å². The molecule has 0 N–H and O–H groups in total. The first kappa shape index (κ1) is 26.3. The number of rotatable bonds is 6. The van der Waals surface area contributed by atoms with Gasteiger partial charge in [0.05, 0.1) is 37.5 Å². The van der Waals surface area contributed by atoms with Crippen LogP contribution in [0.2, 0.25) is 0 Å². The number of likely N-dealkylation sites (tertiary alicyclic amines) is 1. The van der Waals surface area contributed by atoms with Gasteiger partial charge in [0, 0.05) is 59.5 Å². The highest BCUT2D eigenvalue weighted by Crippen LogP contribution is 2.31. The summed E-state index contributed by atoms with van der Waals surface area (Å²) in [5.74, 6) is 2.12. The van der Waals surface area contributed by atoms with Gasteiger partial charge in [0.2, 0.25) is 11.8 Å². The van der Waals surface area contributed by atoms with Gasteiger partial charge in [-0.15, -0.1) is 0 Å². The molecule has 1 amide bonds. The summed E-state index contributed by atoms with van der Waals surface area (Å²) >= 11 is 0. The number of fused-ring (bicyclic) bond motifs is 2. The lowest BCUT2D eigenvalue weighted by atomic mass is 10.1. The van der Waals surface area contributed by atoms with E-state index in [0.29, 0.717) is 80.0 Å². The lowest BCUT2D eigenvalue weighted by Gasteiger charge is -2.46. The Morgan fingerprint density at radius 3 is 2.41 bits per heavy atom. The van der Waals surface area contributed by atoms with Gasteiger partial charge in [-0.05, 0) is 19.1 Å². The second kappa shape index (κ2) is 10.6. The zero-order valence-electron chi connectivity index (χ0n) is 23.7. The summed E-state index contributed by atoms with van der Waals surface area (Å²) in [7, 11) is 3.52. The topological polar surface area (TPSA) is 116 Å². The van der Waals surface area contributed by atoms with Crippen molar-refractivity contribution in [1.82, 2.24) is 38.9 Å². The minimum Gasteiger partial charge on any atom is -0.379 e. The number of imidazole rings is 2. The Morgan fingerprint density at radius 1 is 0.976 bits per heavy atom. The third-order valence-corrected chi connectivity index (χ3v) is 8.41. The van der Waals surface area contributed by atoms with E-state index in [2.05, 4.69) is 9.80 Å². The molecule has 13 nitrogen and oxygen atoms in total. The van der Waals surface area contributed by atoms with Crippen molar-refractivity contribution in [2.24, 2.45) is 7.05 Å². The lowest BCUT2D eigenvalue weighted by Crippen LogP contribution is -2.63. The molecule has 6 heterocycles. The molecule has 13 heteroatoms. The molecule has 1 atom stereocenters. The van der Waals surface area contributed by atoms with Gasteiger partial charge in [0.15, 0.2) is 17.0 Å². The Labute approximate surface area is 237 Å². The van der Waals surface area contributed by atoms with Gasteiger partial charge in [0.1, 0.15) is 11.9 Å². The number of nitrogens with zero attached hydrogens (tertiary/aromatic N) is 9. The Bertz CT molecular complexity index is 1580. The second-order valence-electron chi connectivity index (χ2n) is 10.8. The number of aromatic nitrogens is 6. The van der Waals surface area contributed by atoms with Crippen LogP contribution in [0, 0.1) is 0 Å². The fourth-order valence-electron chi connectivity index (χ4n) is 5.89. The highest BCUT2D eigenvalue weighted by atomic mass is 16.5. The molecule has 41 heavy (non-hydrogen) atoms. The molecule has 3 aliphatic heterocycles. The van der Waals surface area contributed by atoms with Crippen molar-refractivity contribution in [3.63, 3.8) is 0 Å². The van der Waals surface area contributed by atoms with Crippen molar-refractivity contribution in [2.45, 2.75) is 19.1 Å². The molecule has 7 rings (SSSR count). The molecular formula is C28H35N9O4. The van der Waals surface area contributed by atoms with Gasteiger partial charge in [-0.2, -0.15) is 9.97 Å². The number of benzene rings is 1. The summed E-state index contributed by atoms with van der Waals surface area (Å²) in [4.78, 5) is 39.9. The Morgan fingerprint density at radius 2 is 1.68 bits per heavy atom. The van der Waals surface area contributed by atoms with Crippen LogP contribution in [0.1, 0.15) is 29.5 Å². The number of amides is 1. The van der Waals surface area contributed by atoms with E-state index in [9.17, 15) is 4.79 Å². The number of carbonyl (C=O) groups excluding carboxylic acids is 1. The van der Waals surface area contributed by atoms with Crippen molar-refractivity contribution >= 4 is 33.9 Å². The highest BCUT2D eigenvalue weighted by Gasteiger charge is 2.38. The maximum Gasteiger partial charge on any atom is 0.290 e. The van der Waals surface area contributed by atoms with Crippen LogP contribution in [-0.4, -0.2) is 124 Å². The minimum atomic E-state index is -0.289. The molecular weight excluding hydrogens is 526 g/mol. The number of aryl methyl sites for hydroxylation is 1. The van der Waals surface area contributed by atoms with E-state index in [1.54, 1.807) is 11.7 Å². The molecule has 0 aliphatic carbocycles. The molecule has 3 aromatic heterocycles. The van der Waals surface area contributed by atoms with E-state index in [1.165, 1.54) is 0 Å². The van der Waals surface area contributed by atoms with Crippen LogP contribution < -0.4 is 4.90 Å². The van der Waals surface area contributed by atoms with Crippen LogP contribution in [-0.2, 0) is 21.3 Å². The smallest absolute Gasteiger partial charge is 0.290 e. The molecule has 0 saturated carbocycles. The number of morpholine rings is 2. The van der Waals surface area contributed by atoms with Gasteiger partial charge >= 0.3 is 0 Å². The molecule has 0 spiro atoms. The summed E-state index contributed by atoms with van der Waals surface area (Å²) in [6.45, 7) is 9.18. The minimum absolute atomic E-state index is 0.0914. The lowest BCUT2D eigenvalue weighted by molar-refractivity contribution is -0.0260. The van der Waals surface area contributed by atoms with E-state index in [1.807, 2.05) is 47.7 Å². The van der Waals surface area contributed by atoms with Gasteiger partial charge in [-0.1, -0.05) is 12.1 Å². The molecule has 3 saturated heterocycles. The third-order valence-electron chi connectivity index (χ3n) is 8.41. The largest absolute Gasteiger partial charge is 0.379 e. The highest BCUT2D eigenvalue weighted by molar-refractivity contribution is 5.97. The quantitative estimate of drug-likeness (QED) is 0.342. The van der Waals surface area contributed by atoms with E-state index in [-0.39, 0.29) is 12.0 Å². The number of para-hydroxylation sites is 2. The van der Waals surface area contributed by atoms with Crippen LogP contribution in [0.25, 0.3) is 28.1 Å². The molecule has 3 aliphatic rings. The van der Waals surface area contributed by atoms with Crippen molar-refractivity contribution in [1.29, 1.82) is 0 Å². The van der Waals surface area contributed by atoms with Gasteiger partial charge in [-0.25, -0.2) is 9.97 Å². The van der Waals surface area contributed by atoms with Gasteiger partial charge < -0.3 is 28.6 Å². The van der Waals surface area contributed by atoms with Crippen LogP contribution in [0.4, 0.5) is 5.82 Å². The van der Waals surface area contributed by atoms with Gasteiger partial charge in [0.25, 0.3) is 5.91 Å². The average Bonchev–Trinajstić information content (AvgIpc) is 3.54. The number of methoxy groups -OCH3 is 1. The van der Waals surface area contributed by atoms with Crippen LogP contribution in [0.15, 0.2) is 24.3 Å². The Kier molecular flexibility index (Phi) is 6.81. The zero-order valence-corrected chi connectivity index (χ0v) is 23.7. The molecule has 3 fully saturated rings. The third kappa shape index (κ3) is 4.53. The van der Waals surface area contributed by atoms with E-state index in [4.69, 9.17) is 34.1 Å². The summed E-state index contributed by atoms with van der Waals surface area (Å²) in [5.41, 5.74) is 2.92. The monoisotopic (exact) mass is 561 g/mol. The van der Waals surface area contributed by atoms with Crippen molar-refractivity contribution < 1.29 is 19.0 Å². The fourth-order valence-corrected chi connectivity index (χ4v) is 5.89. The molecule has 1 aromatic carbocycles. The zero-order chi connectivity index (χ0) is 28.1. The standard InChI is InChI=1S/C28H35N9O4/c1-18(39-3)23-29-20-6-4-5-7-21(20)37(23)28-31-24-22(25(32-28)35-10-14-41-15-11-35)30-26(33(24)2)27(38)36-16-19(17-36)34-8-12-40-13-9-34/h4-7,18-19H,8-17H2,1-3H3/t18-/m0/s1. The number of hydrogen-bond donors (Lipinski definition) is 0. The van der Waals surface area contributed by atoms with Crippen molar-refractivity contribution in [2.75, 3.05) is 77.7 Å². The molecule has 0 unspecified atom stereocenters. The summed E-state index contributed by atoms with van der Waals surface area (Å²) in [5, 5.41) is 0. The molecule has 0 radical (unpaired) electrons. The SMILES string of the molecule is CO[C@@H](C)c1nc2ccccc2n1-c1nc(N2CCOCC2)c2nc(C(=O)N3CC(N4CCOCC4)C3)n(C)c2n1. The van der Waals surface area contributed by atoms with Crippen molar-refractivity contribution in [3.8, 4) is 5.95 Å². The summed E-state index contributed by atoms with van der Waals surface area (Å²) < 4.78 is 20.5. The summed E-state index contributed by atoms with van der Waals surface area (Å²) in [6.07, 6.45) is -0.289. The van der Waals surface area contributed by atoms with E-state index < -0.39 is 0 Å². The average molecular weight is 562 g/mol. The predicted octanol–water partition coefficient (Wildman–Crippen LogP) is 1.40. The second-order valence-corrected chi connectivity index (χ2v) is 10.8. The summed E-state index contributed by atoms with van der Waals surface area (Å²) in [6, 6.07) is 8.27.